The van der Waals surface area contributed by atoms with Crippen molar-refractivity contribution >= 4 is 11.6 Å². The van der Waals surface area contributed by atoms with Crippen molar-refractivity contribution in [2.75, 3.05) is 19.6 Å². The number of carbonyl (C=O) groups excluding carboxylic acids is 1. The summed E-state index contributed by atoms with van der Waals surface area (Å²) in [5.74, 6) is 0.0378. The first-order valence-electron chi connectivity index (χ1n) is 7.45. The molecule has 0 saturated carbocycles. The minimum absolute atomic E-state index is 0.0378. The Morgan fingerprint density at radius 2 is 2.24 bits per heavy atom. The largest absolute Gasteiger partial charge is 0.333 e. The number of fused-ring (bicyclic) bond motifs is 1. The molecule has 1 fully saturated rings. The highest BCUT2D eigenvalue weighted by atomic mass is 16.2. The van der Waals surface area contributed by atoms with E-state index in [-0.39, 0.29) is 5.91 Å². The maximum Gasteiger partial charge on any atom is 0.259 e. The van der Waals surface area contributed by atoms with Gasteiger partial charge in [0.2, 0.25) is 0 Å². The Balaban J connectivity index is 2.00. The minimum atomic E-state index is 0.0378. The van der Waals surface area contributed by atoms with E-state index in [4.69, 9.17) is 0 Å². The van der Waals surface area contributed by atoms with E-state index < -0.39 is 0 Å². The maximum absolute atomic E-state index is 12.9. The fourth-order valence-electron chi connectivity index (χ4n) is 2.76. The molecule has 1 saturated heterocycles. The van der Waals surface area contributed by atoms with Crippen molar-refractivity contribution in [3.8, 4) is 0 Å². The Labute approximate surface area is 124 Å². The predicted octanol–water partition coefficient (Wildman–Crippen LogP) is 1.17. The van der Waals surface area contributed by atoms with Crippen LogP contribution in [0.15, 0.2) is 12.3 Å². The first-order valence-corrected chi connectivity index (χ1v) is 7.45. The van der Waals surface area contributed by atoms with Crippen LogP contribution in [0.4, 0.5) is 0 Å². The lowest BCUT2D eigenvalue weighted by Crippen LogP contribution is -2.59. The van der Waals surface area contributed by atoms with Gasteiger partial charge in [-0.2, -0.15) is 5.10 Å². The molecule has 0 spiro atoms. The van der Waals surface area contributed by atoms with E-state index in [0.717, 1.165) is 37.4 Å². The van der Waals surface area contributed by atoms with Crippen molar-refractivity contribution in [1.82, 2.24) is 24.8 Å². The third kappa shape index (κ3) is 2.40. The third-order valence-electron chi connectivity index (χ3n) is 3.93. The molecule has 3 rings (SSSR count). The lowest BCUT2D eigenvalue weighted by atomic mass is 10.1. The van der Waals surface area contributed by atoms with Crippen molar-refractivity contribution in [1.29, 1.82) is 0 Å². The van der Waals surface area contributed by atoms with Gasteiger partial charge in [-0.05, 0) is 26.3 Å². The number of rotatable bonds is 4. The van der Waals surface area contributed by atoms with Gasteiger partial charge in [0.25, 0.3) is 5.91 Å². The van der Waals surface area contributed by atoms with Crippen LogP contribution in [-0.4, -0.2) is 51.1 Å². The SMILES string of the molecule is CCCN(C(=O)c1cnn2c(C)cc(C)nc12)C1CNC1. The smallest absolute Gasteiger partial charge is 0.259 e. The van der Waals surface area contributed by atoms with E-state index in [2.05, 4.69) is 22.3 Å². The van der Waals surface area contributed by atoms with Gasteiger partial charge in [0.1, 0.15) is 5.56 Å². The molecule has 0 radical (unpaired) electrons. The standard InChI is InChI=1S/C15H21N5O/c1-4-5-19(12-7-16-8-12)15(21)13-9-17-20-11(3)6-10(2)18-14(13)20/h6,9,12,16H,4-5,7-8H2,1-3H3. The number of aromatic nitrogens is 3. The molecule has 1 aliphatic heterocycles. The van der Waals surface area contributed by atoms with Crippen LogP contribution in [0, 0.1) is 13.8 Å². The molecule has 1 N–H and O–H groups in total. The molecule has 3 heterocycles. The summed E-state index contributed by atoms with van der Waals surface area (Å²) in [7, 11) is 0. The van der Waals surface area contributed by atoms with E-state index in [0.29, 0.717) is 17.3 Å². The molecule has 1 amide bonds. The molecule has 2 aromatic rings. The Kier molecular flexibility index (Phi) is 3.63. The van der Waals surface area contributed by atoms with Gasteiger partial charge in [-0.1, -0.05) is 6.92 Å². The lowest BCUT2D eigenvalue weighted by Gasteiger charge is -2.38. The normalized spacial score (nSPS) is 15.2. The van der Waals surface area contributed by atoms with Crippen LogP contribution >= 0.6 is 0 Å². The van der Waals surface area contributed by atoms with Gasteiger partial charge in [0.05, 0.1) is 12.2 Å². The van der Waals surface area contributed by atoms with Crippen LogP contribution in [0.25, 0.3) is 5.65 Å². The number of hydrogen-bond donors (Lipinski definition) is 1. The van der Waals surface area contributed by atoms with Crippen LogP contribution in [0.1, 0.15) is 35.1 Å². The summed E-state index contributed by atoms with van der Waals surface area (Å²) in [5.41, 5.74) is 3.15. The highest BCUT2D eigenvalue weighted by molar-refractivity contribution is 6.00. The van der Waals surface area contributed by atoms with Gasteiger partial charge >= 0.3 is 0 Å². The molecular weight excluding hydrogens is 266 g/mol. The quantitative estimate of drug-likeness (QED) is 0.917. The van der Waals surface area contributed by atoms with Crippen LogP contribution < -0.4 is 5.32 Å². The fraction of sp³-hybridized carbons (Fsp3) is 0.533. The molecule has 0 bridgehead atoms. The monoisotopic (exact) mass is 287 g/mol. The van der Waals surface area contributed by atoms with Crippen molar-refractivity contribution in [3.63, 3.8) is 0 Å². The Morgan fingerprint density at radius 1 is 1.48 bits per heavy atom. The summed E-state index contributed by atoms with van der Waals surface area (Å²) in [4.78, 5) is 19.3. The molecular formula is C15H21N5O. The molecule has 6 heteroatoms. The second-order valence-electron chi connectivity index (χ2n) is 5.64. The second-order valence-corrected chi connectivity index (χ2v) is 5.64. The summed E-state index contributed by atoms with van der Waals surface area (Å²) < 4.78 is 1.74. The Hall–Kier alpha value is -1.95. The molecule has 21 heavy (non-hydrogen) atoms. The number of nitrogens with one attached hydrogen (secondary N) is 1. The number of aryl methyl sites for hydroxylation is 2. The average molecular weight is 287 g/mol. The van der Waals surface area contributed by atoms with Crippen LogP contribution in [0.5, 0.6) is 0 Å². The molecule has 0 aromatic carbocycles. The zero-order chi connectivity index (χ0) is 15.0. The number of amides is 1. The maximum atomic E-state index is 12.9. The highest BCUT2D eigenvalue weighted by Gasteiger charge is 2.30. The molecule has 0 atom stereocenters. The first-order chi connectivity index (χ1) is 10.1. The van der Waals surface area contributed by atoms with Gasteiger partial charge < -0.3 is 10.2 Å². The number of hydrogen-bond acceptors (Lipinski definition) is 4. The van der Waals surface area contributed by atoms with E-state index in [9.17, 15) is 4.79 Å². The molecule has 0 aliphatic carbocycles. The zero-order valence-corrected chi connectivity index (χ0v) is 12.8. The molecule has 1 aliphatic rings. The zero-order valence-electron chi connectivity index (χ0n) is 12.8. The van der Waals surface area contributed by atoms with Crippen molar-refractivity contribution < 1.29 is 4.79 Å². The topological polar surface area (TPSA) is 62.5 Å². The highest BCUT2D eigenvalue weighted by Crippen LogP contribution is 2.17. The van der Waals surface area contributed by atoms with Crippen LogP contribution in [0.2, 0.25) is 0 Å². The Morgan fingerprint density at radius 3 is 2.86 bits per heavy atom. The molecule has 2 aromatic heterocycles. The second kappa shape index (κ2) is 5.44. The van der Waals surface area contributed by atoms with Gasteiger partial charge in [0.15, 0.2) is 5.65 Å². The fourth-order valence-corrected chi connectivity index (χ4v) is 2.76. The van der Waals surface area contributed by atoms with E-state index in [1.807, 2.05) is 24.8 Å². The van der Waals surface area contributed by atoms with Gasteiger partial charge in [-0.3, -0.25) is 4.79 Å². The lowest BCUT2D eigenvalue weighted by molar-refractivity contribution is 0.0617. The summed E-state index contributed by atoms with van der Waals surface area (Å²) in [5, 5.41) is 7.54. The van der Waals surface area contributed by atoms with Gasteiger partial charge in [0, 0.05) is 31.0 Å². The molecule has 6 nitrogen and oxygen atoms in total. The first kappa shape index (κ1) is 14.0. The summed E-state index contributed by atoms with van der Waals surface area (Å²) >= 11 is 0. The predicted molar refractivity (Wildman–Crippen MR) is 80.4 cm³/mol. The van der Waals surface area contributed by atoms with Crippen molar-refractivity contribution in [2.45, 2.75) is 33.2 Å². The van der Waals surface area contributed by atoms with Gasteiger partial charge in [-0.15, -0.1) is 0 Å². The molecule has 112 valence electrons. The Bertz CT molecular complexity index is 674. The third-order valence-corrected chi connectivity index (χ3v) is 3.93. The van der Waals surface area contributed by atoms with Crippen LogP contribution in [0.3, 0.4) is 0 Å². The number of nitrogens with zero attached hydrogens (tertiary/aromatic N) is 4. The summed E-state index contributed by atoms with van der Waals surface area (Å²) in [6, 6.07) is 2.26. The van der Waals surface area contributed by atoms with Crippen LogP contribution in [-0.2, 0) is 0 Å². The summed E-state index contributed by atoms with van der Waals surface area (Å²) in [6.07, 6.45) is 2.60. The summed E-state index contributed by atoms with van der Waals surface area (Å²) in [6.45, 7) is 8.52. The average Bonchev–Trinajstić information content (AvgIpc) is 2.79. The van der Waals surface area contributed by atoms with E-state index in [1.165, 1.54) is 0 Å². The van der Waals surface area contributed by atoms with E-state index >= 15 is 0 Å². The number of carbonyl (C=O) groups is 1. The van der Waals surface area contributed by atoms with Crippen molar-refractivity contribution in [3.05, 3.63) is 29.2 Å². The van der Waals surface area contributed by atoms with Crippen molar-refractivity contribution in [2.24, 2.45) is 0 Å². The minimum Gasteiger partial charge on any atom is -0.333 e. The van der Waals surface area contributed by atoms with E-state index in [1.54, 1.807) is 10.7 Å². The molecule has 0 unspecified atom stereocenters. The van der Waals surface area contributed by atoms with Gasteiger partial charge in [-0.25, -0.2) is 9.50 Å².